The summed E-state index contributed by atoms with van der Waals surface area (Å²) in [6.07, 6.45) is 1.97. The normalized spacial score (nSPS) is 23.6. The second-order valence-electron chi connectivity index (χ2n) is 5.80. The van der Waals surface area contributed by atoms with Crippen LogP contribution >= 0.6 is 11.8 Å². The van der Waals surface area contributed by atoms with Gasteiger partial charge in [0, 0.05) is 29.7 Å². The number of nitrogens with two attached hydrogens (primary N) is 1. The Labute approximate surface area is 126 Å². The minimum Gasteiger partial charge on any atom is -0.484 e. The molecule has 1 aliphatic carbocycles. The zero-order chi connectivity index (χ0) is 14.4. The molecule has 0 saturated carbocycles. The molecule has 108 valence electrons. The van der Waals surface area contributed by atoms with Gasteiger partial charge in [-0.1, -0.05) is 24.3 Å². The number of hydrogen-bond donors (Lipinski definition) is 1. The lowest BCUT2D eigenvalue weighted by atomic mass is 9.90. The largest absolute Gasteiger partial charge is 0.484 e. The van der Waals surface area contributed by atoms with Crippen LogP contribution in [0.15, 0.2) is 29.2 Å². The molecule has 4 nitrogen and oxygen atoms in total. The maximum absolute atomic E-state index is 12.3. The molecule has 0 amide bonds. The van der Waals surface area contributed by atoms with Crippen LogP contribution in [0.4, 0.5) is 0 Å². The van der Waals surface area contributed by atoms with Gasteiger partial charge < -0.3 is 10.1 Å². The van der Waals surface area contributed by atoms with E-state index in [1.165, 1.54) is 11.8 Å². The van der Waals surface area contributed by atoms with Gasteiger partial charge in [-0.3, -0.25) is 9.59 Å². The summed E-state index contributed by atoms with van der Waals surface area (Å²) in [5.41, 5.74) is 1.07. The van der Waals surface area contributed by atoms with Gasteiger partial charge in [0.15, 0.2) is 0 Å². The molecule has 3 aliphatic rings. The van der Waals surface area contributed by atoms with Crippen molar-refractivity contribution in [2.75, 3.05) is 18.8 Å². The maximum atomic E-state index is 12.3. The Bertz CT molecular complexity index is 674. The Hall–Kier alpha value is -1.59. The van der Waals surface area contributed by atoms with Crippen molar-refractivity contribution in [2.45, 2.75) is 18.4 Å². The van der Waals surface area contributed by atoms with Crippen molar-refractivity contribution in [3.05, 3.63) is 40.3 Å². The van der Waals surface area contributed by atoms with E-state index in [0.29, 0.717) is 16.2 Å². The number of allylic oxidation sites excluding steroid dienone is 1. The van der Waals surface area contributed by atoms with Crippen LogP contribution in [0.1, 0.15) is 28.8 Å². The standard InChI is InChI=1S/C16H15NO3S/c18-12-10-3-1-2-4-11(10)14-15(13(12)19)21-9-16(20-14)5-7-17-8-6-16/h1-4,17H,5-9H2/p+1. The number of quaternary nitrogens is 1. The van der Waals surface area contributed by atoms with E-state index in [0.717, 1.165) is 37.2 Å². The molecule has 0 bridgehead atoms. The average Bonchev–Trinajstić information content (AvgIpc) is 2.53. The van der Waals surface area contributed by atoms with E-state index in [1.54, 1.807) is 12.1 Å². The fourth-order valence-corrected chi connectivity index (χ4v) is 4.52. The van der Waals surface area contributed by atoms with E-state index in [9.17, 15) is 9.59 Å². The molecule has 1 aromatic rings. The van der Waals surface area contributed by atoms with Crippen molar-refractivity contribution in [3.63, 3.8) is 0 Å². The van der Waals surface area contributed by atoms with Crippen LogP contribution in [0.5, 0.6) is 0 Å². The van der Waals surface area contributed by atoms with Crippen LogP contribution in [-0.4, -0.2) is 36.0 Å². The number of ether oxygens (including phenoxy) is 1. The molecule has 0 radical (unpaired) electrons. The molecule has 2 aliphatic heterocycles. The van der Waals surface area contributed by atoms with E-state index in [4.69, 9.17) is 4.74 Å². The number of benzene rings is 1. The Morgan fingerprint density at radius 3 is 2.52 bits per heavy atom. The van der Waals surface area contributed by atoms with Crippen molar-refractivity contribution in [1.82, 2.24) is 0 Å². The molecular weight excluding hydrogens is 286 g/mol. The first-order valence-electron chi connectivity index (χ1n) is 7.26. The first-order chi connectivity index (χ1) is 10.2. The molecule has 1 spiro atoms. The fourth-order valence-electron chi connectivity index (χ4n) is 3.26. The van der Waals surface area contributed by atoms with Crippen molar-refractivity contribution in [2.24, 2.45) is 0 Å². The lowest BCUT2D eigenvalue weighted by Gasteiger charge is -2.41. The quantitative estimate of drug-likeness (QED) is 0.726. The number of fused-ring (bicyclic) bond motifs is 2. The highest BCUT2D eigenvalue weighted by Crippen LogP contribution is 2.46. The molecule has 5 heteroatoms. The van der Waals surface area contributed by atoms with Gasteiger partial charge in [-0.25, -0.2) is 0 Å². The molecule has 0 aromatic heterocycles. The summed E-state index contributed by atoms with van der Waals surface area (Å²) >= 11 is 1.50. The Morgan fingerprint density at radius 2 is 1.76 bits per heavy atom. The number of ketones is 2. The first kappa shape index (κ1) is 13.1. The number of carbonyl (C=O) groups excluding carboxylic acids is 2. The minimum absolute atomic E-state index is 0.175. The lowest BCUT2D eigenvalue weighted by Crippen LogP contribution is -2.88. The van der Waals surface area contributed by atoms with Crippen molar-refractivity contribution in [1.29, 1.82) is 0 Å². The third-order valence-electron chi connectivity index (χ3n) is 4.44. The van der Waals surface area contributed by atoms with Gasteiger partial charge >= 0.3 is 0 Å². The molecule has 21 heavy (non-hydrogen) atoms. The smallest absolute Gasteiger partial charge is 0.243 e. The van der Waals surface area contributed by atoms with Crippen LogP contribution in [0.3, 0.4) is 0 Å². The number of Topliss-reactive ketones (excluding diaryl/α,β-unsaturated/α-hetero) is 2. The van der Waals surface area contributed by atoms with Crippen molar-refractivity contribution < 1.29 is 19.6 Å². The van der Waals surface area contributed by atoms with Crippen molar-refractivity contribution >= 4 is 29.1 Å². The van der Waals surface area contributed by atoms with Crippen LogP contribution in [0.25, 0.3) is 5.76 Å². The van der Waals surface area contributed by atoms with Crippen LogP contribution in [0, 0.1) is 0 Å². The van der Waals surface area contributed by atoms with E-state index in [1.807, 2.05) is 12.1 Å². The summed E-state index contributed by atoms with van der Waals surface area (Å²) < 4.78 is 6.33. The highest BCUT2D eigenvalue weighted by atomic mass is 32.2. The number of thioether (sulfide) groups is 1. The molecule has 1 saturated heterocycles. The van der Waals surface area contributed by atoms with E-state index in [-0.39, 0.29) is 5.60 Å². The van der Waals surface area contributed by atoms with Gasteiger partial charge in [0.25, 0.3) is 0 Å². The average molecular weight is 302 g/mol. The van der Waals surface area contributed by atoms with Gasteiger partial charge in [0.05, 0.1) is 13.1 Å². The van der Waals surface area contributed by atoms with Crippen LogP contribution < -0.4 is 5.32 Å². The number of hydrogen-bond acceptors (Lipinski definition) is 4. The van der Waals surface area contributed by atoms with E-state index in [2.05, 4.69) is 5.32 Å². The third-order valence-corrected chi connectivity index (χ3v) is 5.77. The predicted molar refractivity (Wildman–Crippen MR) is 79.9 cm³/mol. The predicted octanol–water partition coefficient (Wildman–Crippen LogP) is 0.980. The third kappa shape index (κ3) is 1.95. The zero-order valence-corrected chi connectivity index (χ0v) is 12.4. The summed E-state index contributed by atoms with van der Waals surface area (Å²) in [5, 5.41) is 2.30. The number of piperidine rings is 1. The topological polar surface area (TPSA) is 60.0 Å². The van der Waals surface area contributed by atoms with E-state index >= 15 is 0 Å². The lowest BCUT2D eigenvalue weighted by molar-refractivity contribution is -0.667. The molecule has 1 fully saturated rings. The van der Waals surface area contributed by atoms with Gasteiger partial charge in [0.1, 0.15) is 16.3 Å². The highest BCUT2D eigenvalue weighted by molar-refractivity contribution is 8.04. The Balaban J connectivity index is 1.81. The molecular formula is C16H16NO3S+. The van der Waals surface area contributed by atoms with Crippen molar-refractivity contribution in [3.8, 4) is 0 Å². The zero-order valence-electron chi connectivity index (χ0n) is 11.6. The second kappa shape index (κ2) is 4.71. The van der Waals surface area contributed by atoms with Gasteiger partial charge in [-0.2, -0.15) is 0 Å². The van der Waals surface area contributed by atoms with Crippen LogP contribution in [0.2, 0.25) is 0 Å². The molecule has 0 atom stereocenters. The van der Waals surface area contributed by atoms with E-state index < -0.39 is 11.6 Å². The minimum atomic E-state index is -0.411. The summed E-state index contributed by atoms with van der Waals surface area (Å²) in [4.78, 5) is 25.0. The SMILES string of the molecule is O=C1C(=O)c2ccccc2C2=C1SCC1(CC[NH2+]CC1)O2. The highest BCUT2D eigenvalue weighted by Gasteiger charge is 2.45. The second-order valence-corrected chi connectivity index (χ2v) is 6.79. The Morgan fingerprint density at radius 1 is 1.05 bits per heavy atom. The van der Waals surface area contributed by atoms with Gasteiger partial charge in [-0.05, 0) is 0 Å². The molecule has 1 aromatic carbocycles. The molecule has 4 rings (SSSR count). The van der Waals surface area contributed by atoms with Gasteiger partial charge in [-0.15, -0.1) is 11.8 Å². The van der Waals surface area contributed by atoms with Crippen LogP contribution in [-0.2, 0) is 9.53 Å². The summed E-state index contributed by atoms with van der Waals surface area (Å²) in [6.45, 7) is 2.11. The first-order valence-corrected chi connectivity index (χ1v) is 8.25. The van der Waals surface area contributed by atoms with Gasteiger partial charge in [0.2, 0.25) is 11.6 Å². The summed E-state index contributed by atoms with van der Waals surface area (Å²) in [7, 11) is 0. The molecule has 2 heterocycles. The summed E-state index contributed by atoms with van der Waals surface area (Å²) in [6, 6.07) is 7.26. The Kier molecular flexibility index (Phi) is 2.94. The maximum Gasteiger partial charge on any atom is 0.243 e. The number of rotatable bonds is 0. The molecule has 2 N–H and O–H groups in total. The fraction of sp³-hybridized carbons (Fsp3) is 0.375. The summed E-state index contributed by atoms with van der Waals surface area (Å²) in [5.74, 6) is 0.577. The number of carbonyl (C=O) groups is 2. The molecule has 0 unspecified atom stereocenters. The monoisotopic (exact) mass is 302 g/mol.